The minimum absolute atomic E-state index is 0.317. The number of hydrazine groups is 1. The van der Waals surface area contributed by atoms with Gasteiger partial charge in [-0.2, -0.15) is 0 Å². The van der Waals surface area contributed by atoms with Crippen molar-refractivity contribution in [1.29, 1.82) is 0 Å². The van der Waals surface area contributed by atoms with Gasteiger partial charge in [0.1, 0.15) is 11.6 Å². The molecule has 1 unspecified atom stereocenters. The second-order valence-corrected chi connectivity index (χ2v) is 5.93. The van der Waals surface area contributed by atoms with Crippen LogP contribution in [0.2, 0.25) is 0 Å². The van der Waals surface area contributed by atoms with Crippen LogP contribution in [0.1, 0.15) is 17.2 Å². The summed E-state index contributed by atoms with van der Waals surface area (Å²) < 4.78 is 20.7. The van der Waals surface area contributed by atoms with Crippen molar-refractivity contribution in [3.63, 3.8) is 0 Å². The Morgan fingerprint density at radius 3 is 2.55 bits per heavy atom. The summed E-state index contributed by atoms with van der Waals surface area (Å²) in [7, 11) is 1.59. The van der Waals surface area contributed by atoms with Gasteiger partial charge in [0, 0.05) is 10.0 Å². The van der Waals surface area contributed by atoms with Crippen LogP contribution in [0.5, 0.6) is 5.75 Å². The maximum absolute atomic E-state index is 14.0. The van der Waals surface area contributed by atoms with Gasteiger partial charge in [-0.3, -0.25) is 5.84 Å². The third kappa shape index (κ3) is 3.20. The van der Waals surface area contributed by atoms with Gasteiger partial charge < -0.3 is 4.74 Å². The summed E-state index contributed by atoms with van der Waals surface area (Å²) in [4.78, 5) is 0. The lowest BCUT2D eigenvalue weighted by Gasteiger charge is -2.19. The molecule has 0 aliphatic heterocycles. The molecule has 0 spiro atoms. The highest BCUT2D eigenvalue weighted by molar-refractivity contribution is 9.10. The molecule has 0 fully saturated rings. The van der Waals surface area contributed by atoms with E-state index in [0.29, 0.717) is 11.3 Å². The first kappa shape index (κ1) is 15.4. The Kier molecular flexibility index (Phi) is 5.15. The van der Waals surface area contributed by atoms with Crippen molar-refractivity contribution in [2.24, 2.45) is 5.84 Å². The number of ether oxygens (including phenoxy) is 1. The first-order chi connectivity index (χ1) is 9.56. The monoisotopic (exact) mass is 402 g/mol. The van der Waals surface area contributed by atoms with E-state index in [1.54, 1.807) is 25.3 Å². The number of halogens is 3. The molecule has 0 heterocycles. The molecular formula is C14H13Br2FN2O. The molecule has 2 rings (SSSR count). The average Bonchev–Trinajstić information content (AvgIpc) is 2.44. The Hall–Kier alpha value is -0.950. The Morgan fingerprint density at radius 2 is 1.95 bits per heavy atom. The number of nitrogens with one attached hydrogen (secondary N) is 1. The fraction of sp³-hybridized carbons (Fsp3) is 0.143. The summed E-state index contributed by atoms with van der Waals surface area (Å²) >= 11 is 6.75. The highest BCUT2D eigenvalue weighted by Crippen LogP contribution is 2.32. The molecule has 6 heteroatoms. The van der Waals surface area contributed by atoms with Gasteiger partial charge in [0.2, 0.25) is 0 Å². The lowest BCUT2D eigenvalue weighted by Crippen LogP contribution is -2.29. The molecule has 0 aliphatic rings. The SMILES string of the molecule is COc1ccc(C(NN)c2cc(Br)ccc2F)cc1Br. The second kappa shape index (κ2) is 6.67. The molecule has 2 aromatic carbocycles. The molecule has 1 atom stereocenters. The largest absolute Gasteiger partial charge is 0.496 e. The van der Waals surface area contributed by atoms with E-state index in [0.717, 1.165) is 14.5 Å². The first-order valence-electron chi connectivity index (χ1n) is 5.81. The van der Waals surface area contributed by atoms with E-state index in [4.69, 9.17) is 10.6 Å². The zero-order valence-electron chi connectivity index (χ0n) is 10.7. The molecule has 0 aliphatic carbocycles. The van der Waals surface area contributed by atoms with Crippen LogP contribution in [0.3, 0.4) is 0 Å². The predicted molar refractivity (Wildman–Crippen MR) is 84.0 cm³/mol. The van der Waals surface area contributed by atoms with Gasteiger partial charge in [-0.1, -0.05) is 22.0 Å². The van der Waals surface area contributed by atoms with Crippen LogP contribution < -0.4 is 16.0 Å². The van der Waals surface area contributed by atoms with E-state index in [-0.39, 0.29) is 5.82 Å². The Morgan fingerprint density at radius 1 is 1.20 bits per heavy atom. The van der Waals surface area contributed by atoms with Crippen molar-refractivity contribution in [2.45, 2.75) is 6.04 Å². The van der Waals surface area contributed by atoms with Crippen molar-refractivity contribution in [3.8, 4) is 5.75 Å². The molecule has 3 nitrogen and oxygen atoms in total. The molecule has 3 N–H and O–H groups in total. The van der Waals surface area contributed by atoms with Crippen LogP contribution >= 0.6 is 31.9 Å². The van der Waals surface area contributed by atoms with Gasteiger partial charge in [-0.15, -0.1) is 0 Å². The third-order valence-electron chi connectivity index (χ3n) is 2.94. The van der Waals surface area contributed by atoms with Crippen LogP contribution in [-0.2, 0) is 0 Å². The van der Waals surface area contributed by atoms with Crippen LogP contribution in [0, 0.1) is 5.82 Å². The molecule has 0 radical (unpaired) electrons. The zero-order chi connectivity index (χ0) is 14.7. The maximum atomic E-state index is 14.0. The lowest BCUT2D eigenvalue weighted by atomic mass is 9.99. The number of methoxy groups -OCH3 is 1. The van der Waals surface area contributed by atoms with Gasteiger partial charge in [0.25, 0.3) is 0 Å². The van der Waals surface area contributed by atoms with E-state index >= 15 is 0 Å². The summed E-state index contributed by atoms with van der Waals surface area (Å²) in [5, 5.41) is 0. The Balaban J connectivity index is 2.46. The summed E-state index contributed by atoms with van der Waals surface area (Å²) in [6.45, 7) is 0. The predicted octanol–water partition coefficient (Wildman–Crippen LogP) is 3.91. The topological polar surface area (TPSA) is 47.3 Å². The molecule has 0 saturated heterocycles. The first-order valence-corrected chi connectivity index (χ1v) is 7.40. The Labute approximate surface area is 133 Å². The minimum atomic E-state index is -0.449. The van der Waals surface area contributed by atoms with Gasteiger partial charge in [-0.25, -0.2) is 9.82 Å². The molecule has 0 saturated carbocycles. The van der Waals surface area contributed by atoms with Crippen molar-refractivity contribution in [2.75, 3.05) is 7.11 Å². The van der Waals surface area contributed by atoms with E-state index in [1.165, 1.54) is 6.07 Å². The van der Waals surface area contributed by atoms with Crippen molar-refractivity contribution < 1.29 is 9.13 Å². The van der Waals surface area contributed by atoms with E-state index < -0.39 is 6.04 Å². The second-order valence-electron chi connectivity index (χ2n) is 4.16. The molecule has 0 amide bonds. The zero-order valence-corrected chi connectivity index (χ0v) is 13.8. The Bertz CT molecular complexity index is 622. The molecule has 20 heavy (non-hydrogen) atoms. The molecule has 2 aromatic rings. The number of rotatable bonds is 4. The number of hydrogen-bond donors (Lipinski definition) is 2. The fourth-order valence-electron chi connectivity index (χ4n) is 1.96. The van der Waals surface area contributed by atoms with E-state index in [9.17, 15) is 4.39 Å². The highest BCUT2D eigenvalue weighted by atomic mass is 79.9. The van der Waals surface area contributed by atoms with Crippen LogP contribution in [0.15, 0.2) is 45.3 Å². The van der Waals surface area contributed by atoms with E-state index in [1.807, 2.05) is 12.1 Å². The van der Waals surface area contributed by atoms with Crippen molar-refractivity contribution >= 4 is 31.9 Å². The number of nitrogens with two attached hydrogens (primary N) is 1. The van der Waals surface area contributed by atoms with Gasteiger partial charge >= 0.3 is 0 Å². The quantitative estimate of drug-likeness (QED) is 0.600. The minimum Gasteiger partial charge on any atom is -0.496 e. The third-order valence-corrected chi connectivity index (χ3v) is 4.06. The lowest BCUT2D eigenvalue weighted by molar-refractivity contribution is 0.411. The van der Waals surface area contributed by atoms with E-state index in [2.05, 4.69) is 37.3 Å². The number of benzene rings is 2. The summed E-state index contributed by atoms with van der Waals surface area (Å²) in [6, 6.07) is 9.81. The average molecular weight is 404 g/mol. The number of hydrogen-bond acceptors (Lipinski definition) is 3. The van der Waals surface area contributed by atoms with Crippen LogP contribution in [-0.4, -0.2) is 7.11 Å². The molecule has 0 aromatic heterocycles. The normalized spacial score (nSPS) is 12.2. The standard InChI is InChI=1S/C14H13Br2FN2O/c1-20-13-5-2-8(6-11(13)16)14(19-18)10-7-9(15)3-4-12(10)17/h2-7,14,19H,18H2,1H3. The van der Waals surface area contributed by atoms with Crippen molar-refractivity contribution in [3.05, 3.63) is 62.3 Å². The van der Waals surface area contributed by atoms with Gasteiger partial charge in [0.05, 0.1) is 17.6 Å². The van der Waals surface area contributed by atoms with Crippen LogP contribution in [0.25, 0.3) is 0 Å². The van der Waals surface area contributed by atoms with Gasteiger partial charge in [0.15, 0.2) is 0 Å². The maximum Gasteiger partial charge on any atom is 0.133 e. The van der Waals surface area contributed by atoms with Gasteiger partial charge in [-0.05, 0) is 51.8 Å². The molecular weight excluding hydrogens is 391 g/mol. The summed E-state index contributed by atoms with van der Waals surface area (Å²) in [6.07, 6.45) is 0. The van der Waals surface area contributed by atoms with Crippen molar-refractivity contribution in [1.82, 2.24) is 5.43 Å². The summed E-state index contributed by atoms with van der Waals surface area (Å²) in [5.74, 6) is 5.99. The fourth-order valence-corrected chi connectivity index (χ4v) is 2.90. The summed E-state index contributed by atoms with van der Waals surface area (Å²) in [5.41, 5.74) is 3.95. The molecule has 106 valence electrons. The molecule has 0 bridgehead atoms. The van der Waals surface area contributed by atoms with Crippen LogP contribution in [0.4, 0.5) is 4.39 Å². The smallest absolute Gasteiger partial charge is 0.133 e. The highest BCUT2D eigenvalue weighted by Gasteiger charge is 2.18.